The predicted molar refractivity (Wildman–Crippen MR) is 312 cm³/mol. The molecule has 6 aromatic carbocycles. The van der Waals surface area contributed by atoms with E-state index in [0.717, 1.165) is 46.5 Å². The molecule has 0 fully saturated rings. The van der Waals surface area contributed by atoms with Crippen LogP contribution in [0.25, 0.3) is 44.1 Å². The molecule has 0 spiro atoms. The van der Waals surface area contributed by atoms with Gasteiger partial charge < -0.3 is 56.4 Å². The number of nitrogen functional groups attached to an aromatic ring is 2. The van der Waals surface area contributed by atoms with Crippen LogP contribution in [0.1, 0.15) is 95.9 Å². The standard InChI is InChI=1S/C36H39F2N5O6.C27H23F2N5O4/c1-35(2,3)48-19-29(41-34(46)49-36(4,5)6)32(45)47-18-23-14-26(37)27(38)15-24(23)20-11-12-28-25(13-20)30(42-33(39)40-28)31(44)43-16-21-9-7-8-10-22(21)17-43;28-20-8-17(13-38-26(37)22(30)12-35)18(9-21(20)29)14-5-6-23-19(7-14)24(33-27(31)32-23)25(36)34-10-15-3-1-2-4-16(15)11-34/h7-15,29H,16-19H2,1-6H3,(H,41,46)(H2,39,40,42);1-9,22,35H,10-13,30H2,(H2,31,32,33)/t29-;22-/m11/s1. The summed E-state index contributed by atoms with van der Waals surface area (Å²) in [6, 6.07) is 26.3. The monoisotopic (exact) mass is 1190 g/mol. The third kappa shape index (κ3) is 14.7. The Balaban J connectivity index is 0.000000214. The molecule has 8 aromatic rings. The maximum absolute atomic E-state index is 14.7. The fraction of sp³-hybridized carbons (Fsp3) is 0.286. The van der Waals surface area contributed by atoms with Gasteiger partial charge in [-0.05, 0) is 135 Å². The van der Waals surface area contributed by atoms with Gasteiger partial charge in [0.1, 0.15) is 36.2 Å². The van der Waals surface area contributed by atoms with Gasteiger partial charge in [0.05, 0.1) is 29.8 Å². The number of amides is 3. The zero-order chi connectivity index (χ0) is 62.6. The number of hydrogen-bond acceptors (Lipinski definition) is 17. The minimum absolute atomic E-state index is 0.0580. The highest BCUT2D eigenvalue weighted by Gasteiger charge is 2.32. The smallest absolute Gasteiger partial charge is 0.408 e. The number of carbonyl (C=O) groups excluding carboxylic acids is 5. The number of ether oxygens (including phenoxy) is 4. The largest absolute Gasteiger partial charge is 0.460 e. The van der Waals surface area contributed by atoms with Crippen molar-refractivity contribution in [2.24, 2.45) is 5.73 Å². The topological polar surface area (TPSA) is 291 Å². The number of fused-ring (bicyclic) bond motifs is 4. The summed E-state index contributed by atoms with van der Waals surface area (Å²) in [6.07, 6.45) is -0.859. The maximum atomic E-state index is 14.7. The molecule has 0 aliphatic carbocycles. The summed E-state index contributed by atoms with van der Waals surface area (Å²) in [5, 5.41) is 12.2. The molecule has 4 heterocycles. The molecule has 20 nitrogen and oxygen atoms in total. The van der Waals surface area contributed by atoms with Crippen molar-refractivity contribution in [3.05, 3.63) is 177 Å². The number of nitrogens with one attached hydrogen (secondary N) is 1. The second-order valence-corrected chi connectivity index (χ2v) is 22.7. The zero-order valence-electron chi connectivity index (χ0n) is 48.3. The molecular formula is C63H62F4N10O10. The molecule has 10 rings (SSSR count). The molecule has 2 aliphatic rings. The van der Waals surface area contributed by atoms with Crippen LogP contribution in [0, 0.1) is 23.3 Å². The van der Waals surface area contributed by atoms with E-state index < -0.39 is 84.4 Å². The predicted octanol–water partition coefficient (Wildman–Crippen LogP) is 8.74. The van der Waals surface area contributed by atoms with E-state index in [1.807, 2.05) is 48.5 Å². The van der Waals surface area contributed by atoms with Crippen molar-refractivity contribution in [1.82, 2.24) is 35.1 Å². The highest BCUT2D eigenvalue weighted by atomic mass is 19.2. The molecule has 0 unspecified atom stereocenters. The van der Waals surface area contributed by atoms with Crippen molar-refractivity contribution in [3.63, 3.8) is 0 Å². The number of esters is 2. The van der Waals surface area contributed by atoms with Gasteiger partial charge >= 0.3 is 18.0 Å². The second kappa shape index (κ2) is 25.5. The number of aliphatic hydroxyl groups excluding tert-OH is 1. The van der Waals surface area contributed by atoms with Gasteiger partial charge in [-0.2, -0.15) is 0 Å². The van der Waals surface area contributed by atoms with Gasteiger partial charge in [0.2, 0.25) is 11.9 Å². The highest BCUT2D eigenvalue weighted by Crippen LogP contribution is 2.35. The van der Waals surface area contributed by atoms with Crippen molar-refractivity contribution in [2.75, 3.05) is 24.7 Å². The molecule has 8 N–H and O–H groups in total. The van der Waals surface area contributed by atoms with E-state index >= 15 is 0 Å². The van der Waals surface area contributed by atoms with Gasteiger partial charge in [-0.15, -0.1) is 0 Å². The third-order valence-corrected chi connectivity index (χ3v) is 13.9. The van der Waals surface area contributed by atoms with Crippen LogP contribution in [0.15, 0.2) is 109 Å². The van der Waals surface area contributed by atoms with Gasteiger partial charge in [-0.3, -0.25) is 14.4 Å². The van der Waals surface area contributed by atoms with Crippen LogP contribution < -0.4 is 22.5 Å². The number of halogens is 4. The molecule has 2 aromatic heterocycles. The first-order valence-electron chi connectivity index (χ1n) is 27.4. The number of aliphatic hydroxyl groups is 1. The van der Waals surface area contributed by atoms with Crippen LogP contribution in [-0.4, -0.2) is 101 Å². The van der Waals surface area contributed by atoms with Crippen LogP contribution in [-0.2, 0) is 67.9 Å². The fourth-order valence-corrected chi connectivity index (χ4v) is 9.69. The molecular weight excluding hydrogens is 1130 g/mol. The van der Waals surface area contributed by atoms with E-state index in [1.165, 1.54) is 0 Å². The molecule has 2 aliphatic heterocycles. The number of carbonyl (C=O) groups is 5. The van der Waals surface area contributed by atoms with Crippen LogP contribution in [0.5, 0.6) is 0 Å². The Morgan fingerprint density at radius 3 is 1.37 bits per heavy atom. The lowest BCUT2D eigenvalue weighted by Crippen LogP contribution is -2.48. The Hall–Kier alpha value is -9.65. The fourth-order valence-electron chi connectivity index (χ4n) is 9.69. The Labute approximate surface area is 496 Å². The summed E-state index contributed by atoms with van der Waals surface area (Å²) >= 11 is 0. The quantitative estimate of drug-likeness (QED) is 0.0386. The normalized spacial score (nSPS) is 13.5. The number of anilines is 2. The molecule has 0 saturated carbocycles. The first-order valence-corrected chi connectivity index (χ1v) is 27.4. The molecule has 0 saturated heterocycles. The first-order chi connectivity index (χ1) is 41.2. The SMILES string of the molecule is CC(C)(C)OC[C@@H](NC(=O)OC(C)(C)C)C(=O)OCc1cc(F)c(F)cc1-c1ccc2nc(N)nc(C(=O)N3Cc4ccccc4C3)c2c1.Nc1nc(C(=O)N2Cc3ccccc3C2)c2cc(-c3cc(F)c(F)cc3COC(=O)[C@H](N)CO)ccc2n1. The summed E-state index contributed by atoms with van der Waals surface area (Å²) in [5.41, 5.74) is 22.4. The average Bonchev–Trinajstić information content (AvgIpc) is 1.72. The van der Waals surface area contributed by atoms with E-state index in [9.17, 15) is 41.5 Å². The third-order valence-electron chi connectivity index (χ3n) is 13.9. The van der Waals surface area contributed by atoms with Gasteiger partial charge in [0.25, 0.3) is 11.8 Å². The summed E-state index contributed by atoms with van der Waals surface area (Å²) in [5.74, 6) is -7.20. The Kier molecular flexibility index (Phi) is 18.2. The van der Waals surface area contributed by atoms with Gasteiger partial charge in [0.15, 0.2) is 29.3 Å². The first kappa shape index (κ1) is 61.9. The number of nitrogens with two attached hydrogens (primary N) is 3. The van der Waals surface area contributed by atoms with Crippen LogP contribution >= 0.6 is 0 Å². The second-order valence-electron chi connectivity index (χ2n) is 22.7. The van der Waals surface area contributed by atoms with Crippen LogP contribution in [0.3, 0.4) is 0 Å². The van der Waals surface area contributed by atoms with Crippen LogP contribution in [0.2, 0.25) is 0 Å². The van der Waals surface area contributed by atoms with Crippen molar-refractivity contribution in [1.29, 1.82) is 0 Å². The van der Waals surface area contributed by atoms with E-state index in [4.69, 9.17) is 41.3 Å². The molecule has 2 atom stereocenters. The Morgan fingerprint density at radius 2 is 0.977 bits per heavy atom. The number of aromatic nitrogens is 4. The van der Waals surface area contributed by atoms with Crippen molar-refractivity contribution in [2.45, 2.75) is 104 Å². The van der Waals surface area contributed by atoms with Crippen molar-refractivity contribution >= 4 is 63.5 Å². The number of hydrogen-bond donors (Lipinski definition) is 5. The van der Waals surface area contributed by atoms with Crippen molar-refractivity contribution in [3.8, 4) is 22.3 Å². The van der Waals surface area contributed by atoms with E-state index in [2.05, 4.69) is 25.3 Å². The molecule has 87 heavy (non-hydrogen) atoms. The van der Waals surface area contributed by atoms with Gasteiger partial charge in [-0.25, -0.2) is 47.1 Å². The summed E-state index contributed by atoms with van der Waals surface area (Å²) in [4.78, 5) is 85.3. The van der Waals surface area contributed by atoms with E-state index in [1.54, 1.807) is 87.7 Å². The van der Waals surface area contributed by atoms with E-state index in [0.29, 0.717) is 59.1 Å². The minimum atomic E-state index is -1.27. The summed E-state index contributed by atoms with van der Waals surface area (Å²) in [7, 11) is 0. The Morgan fingerprint density at radius 1 is 0.575 bits per heavy atom. The Bertz CT molecular complexity index is 3960. The number of nitrogens with zero attached hydrogens (tertiary/aromatic N) is 6. The molecule has 0 bridgehead atoms. The lowest BCUT2D eigenvalue weighted by atomic mass is 9.97. The van der Waals surface area contributed by atoms with Crippen molar-refractivity contribution < 1.29 is 65.6 Å². The number of benzene rings is 6. The maximum Gasteiger partial charge on any atom is 0.408 e. The number of rotatable bonds is 14. The summed E-state index contributed by atoms with van der Waals surface area (Å²) < 4.78 is 79.3. The lowest BCUT2D eigenvalue weighted by molar-refractivity contribution is -0.151. The number of alkyl carbamates (subject to hydrolysis) is 1. The molecule has 24 heteroatoms. The van der Waals surface area contributed by atoms with Crippen LogP contribution in [0.4, 0.5) is 34.3 Å². The minimum Gasteiger partial charge on any atom is -0.460 e. The highest BCUT2D eigenvalue weighted by molar-refractivity contribution is 6.07. The molecule has 0 radical (unpaired) electrons. The molecule has 3 amide bonds. The molecule has 452 valence electrons. The average molecular weight is 1200 g/mol. The summed E-state index contributed by atoms with van der Waals surface area (Å²) in [6.45, 7) is 10.2. The van der Waals surface area contributed by atoms with Gasteiger partial charge in [-0.1, -0.05) is 60.7 Å². The van der Waals surface area contributed by atoms with Gasteiger partial charge in [0, 0.05) is 48.1 Å². The zero-order valence-corrected chi connectivity index (χ0v) is 48.3. The lowest BCUT2D eigenvalue weighted by Gasteiger charge is -2.26. The van der Waals surface area contributed by atoms with E-state index in [-0.39, 0.29) is 64.0 Å².